The molecule has 1 aliphatic heterocycles. The van der Waals surface area contributed by atoms with Crippen LogP contribution < -0.4 is 5.73 Å². The summed E-state index contributed by atoms with van der Waals surface area (Å²) in [5.74, 6) is 0.178. The van der Waals surface area contributed by atoms with Crippen molar-refractivity contribution in [3.8, 4) is 0 Å². The second-order valence-electron chi connectivity index (χ2n) is 4.95. The molecule has 1 heterocycles. The fourth-order valence-corrected chi connectivity index (χ4v) is 1.58. The minimum Gasteiger partial charge on any atom is -0.444 e. The SMILES string of the molecule is C=CC1CN(C(=O)OC(C)(C)C)CC1N. The standard InChI is InChI=1S/C11H20N2O2/c1-5-8-6-13(7-9(8)12)10(14)15-11(2,3)4/h5,8-9H,1,6-7,12H2,2-4H3. The van der Waals surface area contributed by atoms with E-state index in [0.717, 1.165) is 0 Å². The van der Waals surface area contributed by atoms with Crippen molar-refractivity contribution in [3.05, 3.63) is 12.7 Å². The van der Waals surface area contributed by atoms with Crippen LogP contribution in [0.5, 0.6) is 0 Å². The molecule has 1 saturated heterocycles. The number of nitrogens with zero attached hydrogens (tertiary/aromatic N) is 1. The predicted octanol–water partition coefficient (Wildman–Crippen LogP) is 1.37. The van der Waals surface area contributed by atoms with Crippen LogP contribution in [0.1, 0.15) is 20.8 Å². The molecule has 2 atom stereocenters. The molecule has 0 aromatic carbocycles. The third-order valence-corrected chi connectivity index (χ3v) is 2.37. The molecule has 0 aromatic rings. The maximum absolute atomic E-state index is 11.7. The lowest BCUT2D eigenvalue weighted by molar-refractivity contribution is 0.0289. The highest BCUT2D eigenvalue weighted by Gasteiger charge is 2.33. The fraction of sp³-hybridized carbons (Fsp3) is 0.727. The average molecular weight is 212 g/mol. The predicted molar refractivity (Wildman–Crippen MR) is 59.5 cm³/mol. The van der Waals surface area contributed by atoms with Crippen LogP contribution in [0, 0.1) is 5.92 Å². The highest BCUT2D eigenvalue weighted by molar-refractivity contribution is 5.68. The van der Waals surface area contributed by atoms with Gasteiger partial charge in [0.1, 0.15) is 5.60 Å². The molecule has 4 nitrogen and oxygen atoms in total. The molecule has 1 amide bonds. The van der Waals surface area contributed by atoms with Gasteiger partial charge in [0, 0.05) is 25.0 Å². The Bertz CT molecular complexity index is 258. The lowest BCUT2D eigenvalue weighted by Crippen LogP contribution is -2.36. The minimum absolute atomic E-state index is 0.0185. The summed E-state index contributed by atoms with van der Waals surface area (Å²) in [6, 6.07) is -0.0185. The van der Waals surface area contributed by atoms with Crippen molar-refractivity contribution < 1.29 is 9.53 Å². The number of hydrogen-bond acceptors (Lipinski definition) is 3. The number of carbonyl (C=O) groups excluding carboxylic acids is 1. The molecule has 2 N–H and O–H groups in total. The molecule has 1 rings (SSSR count). The van der Waals surface area contributed by atoms with E-state index in [-0.39, 0.29) is 18.1 Å². The van der Waals surface area contributed by atoms with Gasteiger partial charge in [-0.05, 0) is 20.8 Å². The Labute approximate surface area is 91.1 Å². The van der Waals surface area contributed by atoms with Crippen LogP contribution in [0.4, 0.5) is 4.79 Å². The summed E-state index contributed by atoms with van der Waals surface area (Å²) in [7, 11) is 0. The number of amides is 1. The van der Waals surface area contributed by atoms with E-state index in [1.807, 2.05) is 20.8 Å². The molecule has 15 heavy (non-hydrogen) atoms. The third kappa shape index (κ3) is 3.23. The molecule has 1 fully saturated rings. The van der Waals surface area contributed by atoms with Gasteiger partial charge >= 0.3 is 6.09 Å². The van der Waals surface area contributed by atoms with Gasteiger partial charge in [0.25, 0.3) is 0 Å². The second-order valence-corrected chi connectivity index (χ2v) is 4.95. The van der Waals surface area contributed by atoms with Crippen molar-refractivity contribution in [1.82, 2.24) is 4.90 Å². The Morgan fingerprint density at radius 1 is 1.53 bits per heavy atom. The van der Waals surface area contributed by atoms with Gasteiger partial charge in [0.2, 0.25) is 0 Å². The Hall–Kier alpha value is -1.03. The van der Waals surface area contributed by atoms with Crippen molar-refractivity contribution in [3.63, 3.8) is 0 Å². The summed E-state index contributed by atoms with van der Waals surface area (Å²) in [6.07, 6.45) is 1.51. The van der Waals surface area contributed by atoms with Crippen LogP contribution >= 0.6 is 0 Å². The van der Waals surface area contributed by atoms with E-state index in [1.165, 1.54) is 0 Å². The Morgan fingerprint density at radius 2 is 2.13 bits per heavy atom. The van der Waals surface area contributed by atoms with Gasteiger partial charge in [0.05, 0.1) is 0 Å². The Kier molecular flexibility index (Phi) is 3.39. The van der Waals surface area contributed by atoms with E-state index in [0.29, 0.717) is 13.1 Å². The molecule has 0 radical (unpaired) electrons. The first-order valence-electron chi connectivity index (χ1n) is 5.19. The highest BCUT2D eigenvalue weighted by atomic mass is 16.6. The minimum atomic E-state index is -0.451. The molecule has 4 heteroatoms. The highest BCUT2D eigenvalue weighted by Crippen LogP contribution is 2.19. The van der Waals surface area contributed by atoms with Crippen molar-refractivity contribution in [1.29, 1.82) is 0 Å². The molecular weight excluding hydrogens is 192 g/mol. The van der Waals surface area contributed by atoms with Gasteiger partial charge in [-0.15, -0.1) is 6.58 Å². The van der Waals surface area contributed by atoms with E-state index in [4.69, 9.17) is 10.5 Å². The smallest absolute Gasteiger partial charge is 0.410 e. The monoisotopic (exact) mass is 212 g/mol. The van der Waals surface area contributed by atoms with E-state index >= 15 is 0 Å². The molecule has 0 spiro atoms. The van der Waals surface area contributed by atoms with Crippen LogP contribution in [0.15, 0.2) is 12.7 Å². The largest absolute Gasteiger partial charge is 0.444 e. The summed E-state index contributed by atoms with van der Waals surface area (Å²) in [6.45, 7) is 10.4. The number of rotatable bonds is 1. The summed E-state index contributed by atoms with van der Waals surface area (Å²) >= 11 is 0. The van der Waals surface area contributed by atoms with E-state index < -0.39 is 5.60 Å². The first kappa shape index (κ1) is 12.0. The van der Waals surface area contributed by atoms with Crippen molar-refractivity contribution in [2.75, 3.05) is 13.1 Å². The third-order valence-electron chi connectivity index (χ3n) is 2.37. The molecule has 86 valence electrons. The number of nitrogens with two attached hydrogens (primary N) is 1. The Balaban J connectivity index is 2.53. The van der Waals surface area contributed by atoms with Crippen LogP contribution in [0.2, 0.25) is 0 Å². The normalized spacial score (nSPS) is 26.5. The zero-order chi connectivity index (χ0) is 11.6. The van der Waals surface area contributed by atoms with Crippen LogP contribution in [-0.2, 0) is 4.74 Å². The first-order chi connectivity index (χ1) is 6.83. The maximum Gasteiger partial charge on any atom is 0.410 e. The lowest BCUT2D eigenvalue weighted by atomic mass is 10.1. The quantitative estimate of drug-likeness (QED) is 0.668. The molecule has 0 aromatic heterocycles. The maximum atomic E-state index is 11.7. The first-order valence-corrected chi connectivity index (χ1v) is 5.19. The van der Waals surface area contributed by atoms with Crippen LogP contribution in [-0.4, -0.2) is 35.7 Å². The number of likely N-dealkylation sites (tertiary alicyclic amines) is 1. The molecular formula is C11H20N2O2. The summed E-state index contributed by atoms with van der Waals surface area (Å²) in [5, 5.41) is 0. The van der Waals surface area contributed by atoms with Gasteiger partial charge in [-0.3, -0.25) is 0 Å². The van der Waals surface area contributed by atoms with E-state index in [1.54, 1.807) is 11.0 Å². The van der Waals surface area contributed by atoms with E-state index in [9.17, 15) is 4.79 Å². The van der Waals surface area contributed by atoms with Gasteiger partial charge in [-0.2, -0.15) is 0 Å². The van der Waals surface area contributed by atoms with Crippen molar-refractivity contribution in [2.24, 2.45) is 11.7 Å². The van der Waals surface area contributed by atoms with Crippen LogP contribution in [0.3, 0.4) is 0 Å². The van der Waals surface area contributed by atoms with Crippen molar-refractivity contribution >= 4 is 6.09 Å². The van der Waals surface area contributed by atoms with Crippen LogP contribution in [0.25, 0.3) is 0 Å². The molecule has 0 bridgehead atoms. The van der Waals surface area contributed by atoms with Crippen molar-refractivity contribution in [2.45, 2.75) is 32.4 Å². The number of carbonyl (C=O) groups is 1. The zero-order valence-electron chi connectivity index (χ0n) is 9.69. The zero-order valence-corrected chi connectivity index (χ0v) is 9.69. The van der Waals surface area contributed by atoms with Gasteiger partial charge in [-0.1, -0.05) is 6.08 Å². The topological polar surface area (TPSA) is 55.6 Å². The summed E-state index contributed by atoms with van der Waals surface area (Å²) < 4.78 is 5.26. The molecule has 0 saturated carbocycles. The number of hydrogen-bond donors (Lipinski definition) is 1. The second kappa shape index (κ2) is 4.23. The Morgan fingerprint density at radius 3 is 2.53 bits per heavy atom. The van der Waals surface area contributed by atoms with Gasteiger partial charge in [0.15, 0.2) is 0 Å². The summed E-state index contributed by atoms with van der Waals surface area (Å²) in [5.41, 5.74) is 5.41. The number of ether oxygens (including phenoxy) is 1. The summed E-state index contributed by atoms with van der Waals surface area (Å²) in [4.78, 5) is 13.3. The van der Waals surface area contributed by atoms with Gasteiger partial charge in [-0.25, -0.2) is 4.79 Å². The molecule has 1 aliphatic rings. The fourth-order valence-electron chi connectivity index (χ4n) is 1.58. The lowest BCUT2D eigenvalue weighted by Gasteiger charge is -2.24. The van der Waals surface area contributed by atoms with E-state index in [2.05, 4.69) is 6.58 Å². The molecule has 2 unspecified atom stereocenters. The average Bonchev–Trinajstić information content (AvgIpc) is 2.43. The van der Waals surface area contributed by atoms with Gasteiger partial charge < -0.3 is 15.4 Å². The molecule has 0 aliphatic carbocycles.